The molecule has 4 nitrogen and oxygen atoms in total. The SMILES string of the molecule is C=C(CC(C)(C)C(=O)OC)c1cc2c(F)c(OCCCBr)c(OC)cc2s1. The third-order valence-electron chi connectivity index (χ3n) is 4.17. The predicted molar refractivity (Wildman–Crippen MR) is 112 cm³/mol. The van der Waals surface area contributed by atoms with Gasteiger partial charge in [0, 0.05) is 26.4 Å². The number of carbonyl (C=O) groups excluding carboxylic acids is 1. The number of thiophene rings is 1. The standard InChI is InChI=1S/C20H24BrFO4S/c1-12(11-20(2,3)19(23)25-5)15-9-13-16(27-15)10-14(24-4)18(17(13)22)26-8-6-7-21/h9-10H,1,6-8,11H2,2-5H3. The summed E-state index contributed by atoms with van der Waals surface area (Å²) in [6, 6.07) is 3.52. The molecule has 0 N–H and O–H groups in total. The fourth-order valence-corrected chi connectivity index (χ4v) is 4.04. The zero-order chi connectivity index (χ0) is 20.2. The third-order valence-corrected chi connectivity index (χ3v) is 5.91. The first kappa shape index (κ1) is 21.7. The van der Waals surface area contributed by atoms with E-state index in [0.29, 0.717) is 24.2 Å². The van der Waals surface area contributed by atoms with Crippen LogP contribution in [0.4, 0.5) is 4.39 Å². The Morgan fingerprint density at radius 1 is 1.33 bits per heavy atom. The van der Waals surface area contributed by atoms with E-state index in [1.807, 2.05) is 0 Å². The molecule has 0 amide bonds. The first-order valence-electron chi connectivity index (χ1n) is 8.50. The van der Waals surface area contributed by atoms with Gasteiger partial charge in [0.25, 0.3) is 0 Å². The van der Waals surface area contributed by atoms with Gasteiger partial charge in [-0.3, -0.25) is 4.79 Å². The lowest BCUT2D eigenvalue weighted by Crippen LogP contribution is -2.25. The lowest BCUT2D eigenvalue weighted by molar-refractivity contribution is -0.150. The van der Waals surface area contributed by atoms with Crippen molar-refractivity contribution in [2.45, 2.75) is 26.7 Å². The van der Waals surface area contributed by atoms with Gasteiger partial charge < -0.3 is 14.2 Å². The van der Waals surface area contributed by atoms with Crippen LogP contribution in [0, 0.1) is 11.2 Å². The van der Waals surface area contributed by atoms with Crippen LogP contribution >= 0.6 is 27.3 Å². The van der Waals surface area contributed by atoms with Crippen LogP contribution in [-0.4, -0.2) is 32.1 Å². The number of allylic oxidation sites excluding steroid dienone is 1. The van der Waals surface area contributed by atoms with Gasteiger partial charge in [-0.25, -0.2) is 4.39 Å². The van der Waals surface area contributed by atoms with E-state index in [9.17, 15) is 4.79 Å². The molecule has 0 bridgehead atoms. The van der Waals surface area contributed by atoms with Crippen LogP contribution < -0.4 is 9.47 Å². The number of esters is 1. The molecule has 0 spiro atoms. The molecule has 0 fully saturated rings. The highest BCUT2D eigenvalue weighted by Crippen LogP contribution is 2.43. The Morgan fingerprint density at radius 2 is 2.04 bits per heavy atom. The van der Waals surface area contributed by atoms with E-state index in [1.54, 1.807) is 26.0 Å². The van der Waals surface area contributed by atoms with Crippen molar-refractivity contribution in [3.63, 3.8) is 0 Å². The van der Waals surface area contributed by atoms with Crippen molar-refractivity contribution in [2.75, 3.05) is 26.2 Å². The summed E-state index contributed by atoms with van der Waals surface area (Å²) < 4.78 is 31.5. The Hall–Kier alpha value is -1.60. The number of rotatable bonds is 9. The van der Waals surface area contributed by atoms with E-state index in [2.05, 4.69) is 22.5 Å². The third kappa shape index (κ3) is 4.82. The van der Waals surface area contributed by atoms with Crippen molar-refractivity contribution >= 4 is 48.9 Å². The number of benzene rings is 1. The molecule has 0 radical (unpaired) electrons. The molecule has 0 saturated carbocycles. The van der Waals surface area contributed by atoms with E-state index in [4.69, 9.17) is 14.2 Å². The van der Waals surface area contributed by atoms with Crippen molar-refractivity contribution < 1.29 is 23.4 Å². The number of fused-ring (bicyclic) bond motifs is 1. The minimum absolute atomic E-state index is 0.121. The molecule has 1 aromatic heterocycles. The largest absolute Gasteiger partial charge is 0.493 e. The normalized spacial score (nSPS) is 11.5. The van der Waals surface area contributed by atoms with Gasteiger partial charge in [-0.15, -0.1) is 11.3 Å². The van der Waals surface area contributed by atoms with Crippen LogP contribution in [0.15, 0.2) is 18.7 Å². The number of hydrogen-bond acceptors (Lipinski definition) is 5. The molecule has 0 aliphatic rings. The molecule has 2 rings (SSSR count). The van der Waals surface area contributed by atoms with Gasteiger partial charge in [0.2, 0.25) is 0 Å². The van der Waals surface area contributed by atoms with Crippen LogP contribution in [-0.2, 0) is 9.53 Å². The summed E-state index contributed by atoms with van der Waals surface area (Å²) in [5.41, 5.74) is 0.0501. The second-order valence-corrected chi connectivity index (χ2v) is 8.67. The summed E-state index contributed by atoms with van der Waals surface area (Å²) >= 11 is 4.74. The van der Waals surface area contributed by atoms with Gasteiger partial charge in [0.15, 0.2) is 17.3 Å². The van der Waals surface area contributed by atoms with Crippen LogP contribution in [0.25, 0.3) is 15.7 Å². The number of hydrogen-bond donors (Lipinski definition) is 0. The van der Waals surface area contributed by atoms with Gasteiger partial charge in [-0.1, -0.05) is 22.5 Å². The zero-order valence-electron chi connectivity index (χ0n) is 16.0. The summed E-state index contributed by atoms with van der Waals surface area (Å²) in [4.78, 5) is 12.7. The molecular weight excluding hydrogens is 435 g/mol. The van der Waals surface area contributed by atoms with Crippen molar-refractivity contribution in [1.82, 2.24) is 0 Å². The summed E-state index contributed by atoms with van der Waals surface area (Å²) in [5, 5.41) is 1.24. The van der Waals surface area contributed by atoms with Crippen LogP contribution in [0.3, 0.4) is 0 Å². The van der Waals surface area contributed by atoms with Gasteiger partial charge in [0.1, 0.15) is 0 Å². The number of halogens is 2. The van der Waals surface area contributed by atoms with Crippen LogP contribution in [0.5, 0.6) is 11.5 Å². The minimum atomic E-state index is -0.706. The van der Waals surface area contributed by atoms with Crippen molar-refractivity contribution in [3.05, 3.63) is 29.4 Å². The Balaban J connectivity index is 2.37. The molecule has 0 atom stereocenters. The smallest absolute Gasteiger partial charge is 0.311 e. The molecule has 0 saturated heterocycles. The quantitative estimate of drug-likeness (QED) is 0.270. The van der Waals surface area contributed by atoms with Crippen molar-refractivity contribution in [1.29, 1.82) is 0 Å². The molecule has 1 aromatic carbocycles. The number of carbonyl (C=O) groups is 1. The van der Waals surface area contributed by atoms with Gasteiger partial charge in [-0.2, -0.15) is 0 Å². The van der Waals surface area contributed by atoms with Gasteiger partial charge >= 0.3 is 5.97 Å². The highest BCUT2D eigenvalue weighted by atomic mass is 79.9. The van der Waals surface area contributed by atoms with E-state index in [0.717, 1.165) is 26.9 Å². The minimum Gasteiger partial charge on any atom is -0.493 e. The maximum atomic E-state index is 15.0. The highest BCUT2D eigenvalue weighted by molar-refractivity contribution is 9.09. The average Bonchev–Trinajstić information content (AvgIpc) is 3.07. The second-order valence-electron chi connectivity index (χ2n) is 6.79. The molecule has 2 aromatic rings. The monoisotopic (exact) mass is 458 g/mol. The fraction of sp³-hybridized carbons (Fsp3) is 0.450. The Bertz CT molecular complexity index is 844. The van der Waals surface area contributed by atoms with Crippen LogP contribution in [0.1, 0.15) is 31.6 Å². The molecule has 0 aliphatic carbocycles. The average molecular weight is 459 g/mol. The van der Waals surface area contributed by atoms with E-state index in [-0.39, 0.29) is 11.7 Å². The summed E-state index contributed by atoms with van der Waals surface area (Å²) in [6.07, 6.45) is 1.18. The van der Waals surface area contributed by atoms with Crippen molar-refractivity contribution in [2.24, 2.45) is 5.41 Å². The summed E-state index contributed by atoms with van der Waals surface area (Å²) in [7, 11) is 2.86. The first-order valence-corrected chi connectivity index (χ1v) is 10.4. The number of ether oxygens (including phenoxy) is 3. The molecule has 1 heterocycles. The number of alkyl halides is 1. The molecular formula is C20H24BrFO4S. The Labute approximate surface area is 171 Å². The maximum absolute atomic E-state index is 15.0. The fourth-order valence-electron chi connectivity index (χ4n) is 2.76. The highest BCUT2D eigenvalue weighted by Gasteiger charge is 2.30. The maximum Gasteiger partial charge on any atom is 0.311 e. The second kappa shape index (κ2) is 9.06. The van der Waals surface area contributed by atoms with Gasteiger partial charge in [-0.05, 0) is 38.3 Å². The van der Waals surface area contributed by atoms with Gasteiger partial charge in [0.05, 0.1) is 26.2 Å². The first-order chi connectivity index (χ1) is 12.7. The van der Waals surface area contributed by atoms with E-state index in [1.165, 1.54) is 25.6 Å². The predicted octanol–water partition coefficient (Wildman–Crippen LogP) is 5.82. The lowest BCUT2D eigenvalue weighted by Gasteiger charge is -2.21. The molecule has 148 valence electrons. The summed E-state index contributed by atoms with van der Waals surface area (Å²) in [6.45, 7) is 8.08. The molecule has 7 heteroatoms. The number of methoxy groups -OCH3 is 2. The van der Waals surface area contributed by atoms with Crippen LogP contribution in [0.2, 0.25) is 0 Å². The lowest BCUT2D eigenvalue weighted by atomic mass is 9.85. The Kier molecular flexibility index (Phi) is 7.28. The topological polar surface area (TPSA) is 44.8 Å². The zero-order valence-corrected chi connectivity index (χ0v) is 18.4. The molecule has 27 heavy (non-hydrogen) atoms. The van der Waals surface area contributed by atoms with E-state index >= 15 is 4.39 Å². The summed E-state index contributed by atoms with van der Waals surface area (Å²) in [5.74, 6) is -0.263. The Morgan fingerprint density at radius 3 is 2.63 bits per heavy atom. The van der Waals surface area contributed by atoms with Crippen molar-refractivity contribution in [3.8, 4) is 11.5 Å². The molecule has 0 unspecified atom stereocenters. The molecule has 0 aliphatic heterocycles. The van der Waals surface area contributed by atoms with E-state index < -0.39 is 11.2 Å².